The topological polar surface area (TPSA) is 156 Å². The maximum absolute atomic E-state index is 12.8. The van der Waals surface area contributed by atoms with Gasteiger partial charge in [-0.15, -0.1) is 0 Å². The summed E-state index contributed by atoms with van der Waals surface area (Å²) in [4.78, 5) is 59.6. The number of nitrogens with one attached hydrogen (secondary N) is 1. The number of amides is 4. The number of aldehydes is 1. The van der Waals surface area contributed by atoms with Crippen molar-refractivity contribution in [1.82, 2.24) is 10.2 Å². The fraction of sp³-hybridized carbons (Fsp3) is 0.421. The van der Waals surface area contributed by atoms with Crippen molar-refractivity contribution < 1.29 is 33.8 Å². The fourth-order valence-electron chi connectivity index (χ4n) is 2.99. The third-order valence-electron chi connectivity index (χ3n) is 4.40. The van der Waals surface area contributed by atoms with Gasteiger partial charge >= 0.3 is 0 Å². The maximum Gasteiger partial charge on any atom is 0.266 e. The van der Waals surface area contributed by atoms with E-state index in [0.717, 1.165) is 4.90 Å². The first-order valence-corrected chi connectivity index (χ1v) is 9.16. The van der Waals surface area contributed by atoms with Crippen LogP contribution in [0.15, 0.2) is 18.2 Å². The highest BCUT2D eigenvalue weighted by Crippen LogP contribution is 2.33. The number of imide groups is 1. The van der Waals surface area contributed by atoms with Crippen molar-refractivity contribution in [2.75, 3.05) is 19.8 Å². The van der Waals surface area contributed by atoms with Gasteiger partial charge in [-0.2, -0.15) is 0 Å². The molecule has 1 unspecified atom stereocenters. The zero-order valence-electron chi connectivity index (χ0n) is 15.8. The number of primary amides is 1. The highest BCUT2D eigenvalue weighted by molar-refractivity contribution is 6.24. The Labute approximate surface area is 167 Å². The number of carbonyl (C=O) groups excluding carboxylic acids is 5. The summed E-state index contributed by atoms with van der Waals surface area (Å²) in [6.45, 7) is 0.0353. The number of nitrogens with two attached hydrogens (primary N) is 1. The molecule has 4 amide bonds. The van der Waals surface area contributed by atoms with Crippen LogP contribution < -0.4 is 15.8 Å². The number of rotatable bonds is 12. The van der Waals surface area contributed by atoms with E-state index in [0.29, 0.717) is 25.7 Å². The number of unbranched alkanes of at least 4 members (excludes halogenated alkanes) is 1. The second-order valence-corrected chi connectivity index (χ2v) is 6.38. The summed E-state index contributed by atoms with van der Waals surface area (Å²) < 4.78 is 5.64. The quantitative estimate of drug-likeness (QED) is 0.238. The molecule has 1 aromatic rings. The molecule has 0 radical (unpaired) electrons. The van der Waals surface area contributed by atoms with Crippen LogP contribution in [0.1, 0.15) is 46.4 Å². The lowest BCUT2D eigenvalue weighted by Gasteiger charge is -2.22. The molecular formula is C19H23N3O7. The largest absolute Gasteiger partial charge is 0.493 e. The van der Waals surface area contributed by atoms with Crippen LogP contribution in [0, 0.1) is 0 Å². The Morgan fingerprint density at radius 3 is 2.66 bits per heavy atom. The van der Waals surface area contributed by atoms with Crippen LogP contribution in [-0.2, 0) is 14.4 Å². The van der Waals surface area contributed by atoms with Crippen molar-refractivity contribution >= 4 is 29.9 Å². The van der Waals surface area contributed by atoms with E-state index in [1.54, 1.807) is 12.1 Å². The smallest absolute Gasteiger partial charge is 0.266 e. The number of hydrogen-bond acceptors (Lipinski definition) is 7. The molecule has 1 atom stereocenters. The molecule has 1 heterocycles. The molecule has 2 rings (SSSR count). The molecule has 0 saturated heterocycles. The average Bonchev–Trinajstić information content (AvgIpc) is 2.96. The third-order valence-corrected chi connectivity index (χ3v) is 4.40. The molecule has 0 bridgehead atoms. The number of aliphatic hydroxyl groups is 1. The van der Waals surface area contributed by atoms with Gasteiger partial charge in [-0.25, -0.2) is 0 Å². The van der Waals surface area contributed by atoms with Crippen LogP contribution in [0.3, 0.4) is 0 Å². The highest BCUT2D eigenvalue weighted by Gasteiger charge is 2.43. The van der Waals surface area contributed by atoms with Gasteiger partial charge in [0.1, 0.15) is 24.7 Å². The number of ether oxygens (including phenoxy) is 1. The van der Waals surface area contributed by atoms with E-state index in [1.807, 2.05) is 0 Å². The van der Waals surface area contributed by atoms with Crippen molar-refractivity contribution in [3.8, 4) is 5.75 Å². The summed E-state index contributed by atoms with van der Waals surface area (Å²) in [5.74, 6) is -2.47. The zero-order chi connectivity index (χ0) is 21.4. The molecule has 1 aromatic carbocycles. The Morgan fingerprint density at radius 1 is 1.24 bits per heavy atom. The minimum absolute atomic E-state index is 0.0167. The molecule has 0 spiro atoms. The second kappa shape index (κ2) is 10.3. The first kappa shape index (κ1) is 22.0. The minimum atomic E-state index is -1.21. The number of carbonyl (C=O) groups is 5. The van der Waals surface area contributed by atoms with Crippen molar-refractivity contribution in [3.63, 3.8) is 0 Å². The van der Waals surface area contributed by atoms with E-state index < -0.39 is 36.3 Å². The van der Waals surface area contributed by atoms with E-state index in [1.165, 1.54) is 6.07 Å². The molecule has 1 aliphatic heterocycles. The van der Waals surface area contributed by atoms with Gasteiger partial charge in [0.25, 0.3) is 11.8 Å². The lowest BCUT2D eigenvalue weighted by Crippen LogP contribution is -2.47. The van der Waals surface area contributed by atoms with Crippen molar-refractivity contribution in [2.45, 2.75) is 31.7 Å². The molecule has 0 fully saturated rings. The van der Waals surface area contributed by atoms with Gasteiger partial charge in [-0.3, -0.25) is 24.1 Å². The molecule has 0 aliphatic carbocycles. The van der Waals surface area contributed by atoms with Crippen molar-refractivity contribution in [2.24, 2.45) is 5.73 Å². The van der Waals surface area contributed by atoms with E-state index in [-0.39, 0.29) is 36.3 Å². The van der Waals surface area contributed by atoms with Crippen molar-refractivity contribution in [3.05, 3.63) is 29.3 Å². The Hall–Kier alpha value is -3.27. The molecule has 29 heavy (non-hydrogen) atoms. The predicted molar refractivity (Wildman–Crippen MR) is 100 cm³/mol. The highest BCUT2D eigenvalue weighted by atomic mass is 16.5. The van der Waals surface area contributed by atoms with Gasteiger partial charge in [0, 0.05) is 13.0 Å². The van der Waals surface area contributed by atoms with E-state index >= 15 is 0 Å². The van der Waals surface area contributed by atoms with E-state index in [9.17, 15) is 24.0 Å². The first-order chi connectivity index (χ1) is 13.9. The molecule has 156 valence electrons. The van der Waals surface area contributed by atoms with Gasteiger partial charge in [0.05, 0.1) is 17.7 Å². The zero-order valence-corrected chi connectivity index (χ0v) is 15.8. The summed E-state index contributed by atoms with van der Waals surface area (Å²) in [7, 11) is 0. The Kier molecular flexibility index (Phi) is 7.84. The predicted octanol–water partition coefficient (Wildman–Crippen LogP) is -0.617. The molecule has 0 aromatic heterocycles. The fourth-order valence-corrected chi connectivity index (χ4v) is 2.99. The molecule has 4 N–H and O–H groups in total. The number of benzene rings is 1. The Balaban J connectivity index is 2.06. The van der Waals surface area contributed by atoms with Crippen LogP contribution >= 0.6 is 0 Å². The van der Waals surface area contributed by atoms with Crippen LogP contribution in [0.2, 0.25) is 0 Å². The van der Waals surface area contributed by atoms with Gasteiger partial charge < -0.3 is 25.7 Å². The number of fused-ring (bicyclic) bond motifs is 1. The molecule has 0 saturated carbocycles. The number of nitrogens with zero attached hydrogens (tertiary/aromatic N) is 1. The summed E-state index contributed by atoms with van der Waals surface area (Å²) in [6, 6.07) is 3.36. The van der Waals surface area contributed by atoms with Crippen LogP contribution in [0.25, 0.3) is 0 Å². The lowest BCUT2D eigenvalue weighted by atomic mass is 10.1. The minimum Gasteiger partial charge on any atom is -0.493 e. The monoisotopic (exact) mass is 405 g/mol. The van der Waals surface area contributed by atoms with E-state index in [2.05, 4.69) is 5.32 Å². The summed E-state index contributed by atoms with van der Waals surface area (Å²) >= 11 is 0. The normalized spacial score (nSPS) is 13.8. The molecule has 1 aliphatic rings. The van der Waals surface area contributed by atoms with Gasteiger partial charge in [-0.05, 0) is 31.4 Å². The van der Waals surface area contributed by atoms with Crippen LogP contribution in [0.5, 0.6) is 5.75 Å². The summed E-state index contributed by atoms with van der Waals surface area (Å²) in [6.07, 6.45) is 1.68. The number of hydrogen-bond donors (Lipinski definition) is 3. The first-order valence-electron chi connectivity index (χ1n) is 9.16. The summed E-state index contributed by atoms with van der Waals surface area (Å²) in [5, 5.41) is 11.1. The van der Waals surface area contributed by atoms with Crippen molar-refractivity contribution in [1.29, 1.82) is 0 Å². The van der Waals surface area contributed by atoms with Crippen LogP contribution in [-0.4, -0.2) is 65.7 Å². The van der Waals surface area contributed by atoms with Gasteiger partial charge in [0.15, 0.2) is 0 Å². The second-order valence-electron chi connectivity index (χ2n) is 6.38. The number of aliphatic hydroxyl groups excluding tert-OH is 1. The maximum atomic E-state index is 12.8. The molecular weight excluding hydrogens is 382 g/mol. The van der Waals surface area contributed by atoms with Crippen LogP contribution in [0.4, 0.5) is 0 Å². The van der Waals surface area contributed by atoms with E-state index in [4.69, 9.17) is 15.6 Å². The Morgan fingerprint density at radius 2 is 2.00 bits per heavy atom. The summed E-state index contributed by atoms with van der Waals surface area (Å²) in [5.41, 5.74) is 5.50. The SMILES string of the molecule is NC(=O)C(CCC=O)N1C(=O)c2cccc(OCCCCNC(=O)CO)c2C1=O. The van der Waals surface area contributed by atoms with Gasteiger partial charge in [-0.1, -0.05) is 6.07 Å². The standard InChI is InChI=1S/C19H23N3O7/c20-17(26)13(6-4-9-23)22-18(27)12-5-3-7-14(16(12)19(22)28)29-10-2-1-8-21-15(25)11-24/h3,5,7,9,13,24H,1-2,4,6,8,10-11H2,(H2,20,26)(H,21,25). The third kappa shape index (κ3) is 5.17. The molecule has 10 heteroatoms. The molecule has 10 nitrogen and oxygen atoms in total. The van der Waals surface area contributed by atoms with Gasteiger partial charge in [0.2, 0.25) is 11.8 Å². The lowest BCUT2D eigenvalue weighted by molar-refractivity contribution is -0.124. The average molecular weight is 405 g/mol. The Bertz CT molecular complexity index is 809.